The maximum atomic E-state index is 12.1. The number of likely N-dealkylation sites (tertiary alicyclic amines) is 1. The number of amides is 1. The minimum atomic E-state index is -0.505. The number of rotatable bonds is 2. The van der Waals surface area contributed by atoms with Crippen LogP contribution in [0.3, 0.4) is 0 Å². The molecule has 1 fully saturated rings. The third-order valence-electron chi connectivity index (χ3n) is 3.39. The Bertz CT molecular complexity index is 456. The van der Waals surface area contributed by atoms with Crippen LogP contribution in [-0.4, -0.2) is 46.4 Å². The summed E-state index contributed by atoms with van der Waals surface area (Å²) in [5.41, 5.74) is 0.409. The van der Waals surface area contributed by atoms with Crippen molar-refractivity contribution in [2.75, 3.05) is 19.7 Å². The Morgan fingerprint density at radius 2 is 2.20 bits per heavy atom. The van der Waals surface area contributed by atoms with Crippen molar-refractivity contribution in [3.63, 3.8) is 0 Å². The van der Waals surface area contributed by atoms with Crippen molar-refractivity contribution >= 4 is 6.09 Å². The van der Waals surface area contributed by atoms with Gasteiger partial charge in [-0.1, -0.05) is 6.07 Å². The maximum Gasteiger partial charge on any atom is 0.410 e. The minimum Gasteiger partial charge on any atom is -0.444 e. The van der Waals surface area contributed by atoms with E-state index in [0.29, 0.717) is 13.1 Å². The number of aliphatic hydroxyl groups is 1. The zero-order valence-electron chi connectivity index (χ0n) is 12.2. The molecule has 0 saturated carbocycles. The predicted molar refractivity (Wildman–Crippen MR) is 75.4 cm³/mol. The molecule has 0 radical (unpaired) electrons. The highest BCUT2D eigenvalue weighted by Gasteiger charge is 2.38. The summed E-state index contributed by atoms with van der Waals surface area (Å²) >= 11 is 0. The predicted octanol–water partition coefficient (Wildman–Crippen LogP) is 2.02. The number of aliphatic hydroxyl groups excluding tert-OH is 1. The first kappa shape index (κ1) is 14.8. The van der Waals surface area contributed by atoms with Crippen LogP contribution in [0.2, 0.25) is 0 Å². The number of aromatic nitrogens is 1. The van der Waals surface area contributed by atoms with E-state index in [9.17, 15) is 9.90 Å². The van der Waals surface area contributed by atoms with Crippen molar-refractivity contribution < 1.29 is 14.6 Å². The Morgan fingerprint density at radius 3 is 2.75 bits per heavy atom. The summed E-state index contributed by atoms with van der Waals surface area (Å²) in [6.07, 6.45) is 1.41. The lowest BCUT2D eigenvalue weighted by Crippen LogP contribution is -2.35. The second kappa shape index (κ2) is 5.79. The molecule has 1 amide bonds. The molecule has 1 aromatic heterocycles. The lowest BCUT2D eigenvalue weighted by molar-refractivity contribution is 0.0283. The van der Waals surface area contributed by atoms with Gasteiger partial charge in [0.05, 0.1) is 0 Å². The van der Waals surface area contributed by atoms with E-state index in [2.05, 4.69) is 4.98 Å². The second-order valence-electron chi connectivity index (χ2n) is 6.19. The number of hydrogen-bond donors (Lipinski definition) is 1. The van der Waals surface area contributed by atoms with Crippen LogP contribution in [0.15, 0.2) is 24.4 Å². The van der Waals surface area contributed by atoms with E-state index >= 15 is 0 Å². The topological polar surface area (TPSA) is 62.7 Å². The molecular formula is C15H22N2O3. The number of hydrogen-bond acceptors (Lipinski definition) is 4. The normalized spacial score (nSPS) is 22.9. The van der Waals surface area contributed by atoms with Crippen molar-refractivity contribution in [3.05, 3.63) is 30.1 Å². The molecule has 2 rings (SSSR count). The zero-order chi connectivity index (χ0) is 14.8. The smallest absolute Gasteiger partial charge is 0.410 e. The zero-order valence-corrected chi connectivity index (χ0v) is 12.2. The largest absolute Gasteiger partial charge is 0.444 e. The molecule has 1 aliphatic rings. The summed E-state index contributed by atoms with van der Waals surface area (Å²) < 4.78 is 5.38. The van der Waals surface area contributed by atoms with Gasteiger partial charge in [0.25, 0.3) is 0 Å². The van der Waals surface area contributed by atoms with Gasteiger partial charge >= 0.3 is 6.09 Å². The molecule has 1 N–H and O–H groups in total. The fourth-order valence-electron chi connectivity index (χ4n) is 2.46. The number of ether oxygens (including phenoxy) is 1. The maximum absolute atomic E-state index is 12.1. The number of nitrogens with zero attached hydrogens (tertiary/aromatic N) is 2. The molecule has 5 heteroatoms. The third kappa shape index (κ3) is 3.48. The highest BCUT2D eigenvalue weighted by atomic mass is 16.6. The summed E-state index contributed by atoms with van der Waals surface area (Å²) in [6.45, 7) is 6.63. The summed E-state index contributed by atoms with van der Waals surface area (Å²) in [4.78, 5) is 18.1. The van der Waals surface area contributed by atoms with E-state index < -0.39 is 5.60 Å². The molecule has 0 aromatic carbocycles. The van der Waals surface area contributed by atoms with E-state index in [1.165, 1.54) is 0 Å². The minimum absolute atomic E-state index is 0.0115. The average molecular weight is 278 g/mol. The fourth-order valence-corrected chi connectivity index (χ4v) is 2.46. The Kier molecular flexibility index (Phi) is 4.28. The van der Waals surface area contributed by atoms with Crippen molar-refractivity contribution in [1.82, 2.24) is 9.88 Å². The van der Waals surface area contributed by atoms with E-state index in [-0.39, 0.29) is 24.5 Å². The van der Waals surface area contributed by atoms with Gasteiger partial charge < -0.3 is 14.7 Å². The number of carbonyl (C=O) groups excluding carboxylic acids is 1. The second-order valence-corrected chi connectivity index (χ2v) is 6.19. The molecule has 20 heavy (non-hydrogen) atoms. The Hall–Kier alpha value is -1.62. The number of carbonyl (C=O) groups is 1. The van der Waals surface area contributed by atoms with Gasteiger partial charge in [-0.15, -0.1) is 0 Å². The standard InChI is InChI=1S/C15H22N2O3/c1-15(2,3)20-14(19)17-8-11(10-18)12(9-17)13-6-4-5-7-16-13/h4-7,11-12,18H,8-10H2,1-3H3. The third-order valence-corrected chi connectivity index (χ3v) is 3.39. The van der Waals surface area contributed by atoms with Crippen molar-refractivity contribution in [1.29, 1.82) is 0 Å². The van der Waals surface area contributed by atoms with Crippen molar-refractivity contribution in [2.45, 2.75) is 32.3 Å². The number of pyridine rings is 1. The summed E-state index contributed by atoms with van der Waals surface area (Å²) in [5, 5.41) is 9.52. The Balaban J connectivity index is 2.08. The van der Waals surface area contributed by atoms with Crippen LogP contribution in [-0.2, 0) is 4.74 Å². The molecule has 0 bridgehead atoms. The van der Waals surface area contributed by atoms with Gasteiger partial charge in [0.2, 0.25) is 0 Å². The molecular weight excluding hydrogens is 256 g/mol. The van der Waals surface area contributed by atoms with Crippen molar-refractivity contribution in [3.8, 4) is 0 Å². The van der Waals surface area contributed by atoms with Crippen LogP contribution in [0.1, 0.15) is 32.4 Å². The average Bonchev–Trinajstić information content (AvgIpc) is 2.82. The molecule has 0 spiro atoms. The van der Waals surface area contributed by atoms with Gasteiger partial charge in [0.1, 0.15) is 5.60 Å². The molecule has 2 heterocycles. The van der Waals surface area contributed by atoms with Crippen LogP contribution in [0.25, 0.3) is 0 Å². The Morgan fingerprint density at radius 1 is 1.45 bits per heavy atom. The lowest BCUT2D eigenvalue weighted by Gasteiger charge is -2.24. The molecule has 1 aromatic rings. The monoisotopic (exact) mass is 278 g/mol. The van der Waals surface area contributed by atoms with E-state index in [1.807, 2.05) is 39.0 Å². The van der Waals surface area contributed by atoms with Crippen LogP contribution in [0.4, 0.5) is 4.79 Å². The van der Waals surface area contributed by atoms with Crippen LogP contribution in [0, 0.1) is 5.92 Å². The van der Waals surface area contributed by atoms with Gasteiger partial charge in [-0.3, -0.25) is 4.98 Å². The lowest BCUT2D eigenvalue weighted by atomic mass is 9.93. The Labute approximate surface area is 119 Å². The van der Waals surface area contributed by atoms with E-state index in [1.54, 1.807) is 11.1 Å². The van der Waals surface area contributed by atoms with E-state index in [0.717, 1.165) is 5.69 Å². The molecule has 1 aliphatic heterocycles. The highest BCUT2D eigenvalue weighted by molar-refractivity contribution is 5.68. The van der Waals surface area contributed by atoms with Gasteiger partial charge in [-0.2, -0.15) is 0 Å². The van der Waals surface area contributed by atoms with Gasteiger partial charge in [-0.25, -0.2) is 4.79 Å². The van der Waals surface area contributed by atoms with Gasteiger partial charge in [0.15, 0.2) is 0 Å². The fraction of sp³-hybridized carbons (Fsp3) is 0.600. The molecule has 2 unspecified atom stereocenters. The van der Waals surface area contributed by atoms with Gasteiger partial charge in [0, 0.05) is 43.4 Å². The first-order valence-corrected chi connectivity index (χ1v) is 6.90. The molecule has 2 atom stereocenters. The summed E-state index contributed by atoms with van der Waals surface area (Å²) in [7, 11) is 0. The molecule has 1 saturated heterocycles. The molecule has 5 nitrogen and oxygen atoms in total. The van der Waals surface area contributed by atoms with Crippen LogP contribution < -0.4 is 0 Å². The summed E-state index contributed by atoms with van der Waals surface area (Å²) in [5.74, 6) is 0.0751. The quantitative estimate of drug-likeness (QED) is 0.899. The van der Waals surface area contributed by atoms with Crippen LogP contribution >= 0.6 is 0 Å². The van der Waals surface area contributed by atoms with Crippen LogP contribution in [0.5, 0.6) is 0 Å². The molecule has 110 valence electrons. The first-order chi connectivity index (χ1) is 9.40. The van der Waals surface area contributed by atoms with E-state index in [4.69, 9.17) is 4.74 Å². The highest BCUT2D eigenvalue weighted by Crippen LogP contribution is 2.32. The summed E-state index contributed by atoms with van der Waals surface area (Å²) in [6, 6.07) is 5.72. The SMILES string of the molecule is CC(C)(C)OC(=O)N1CC(CO)C(c2ccccn2)C1. The van der Waals surface area contributed by atoms with Crippen molar-refractivity contribution in [2.24, 2.45) is 5.92 Å². The first-order valence-electron chi connectivity index (χ1n) is 6.90. The molecule has 0 aliphatic carbocycles. The van der Waals surface area contributed by atoms with Gasteiger partial charge in [-0.05, 0) is 32.9 Å².